The van der Waals surface area contributed by atoms with E-state index in [1.807, 2.05) is 18.2 Å². The van der Waals surface area contributed by atoms with Crippen LogP contribution in [0.4, 0.5) is 0 Å². The van der Waals surface area contributed by atoms with Gasteiger partial charge in [0.05, 0.1) is 6.61 Å². The van der Waals surface area contributed by atoms with Gasteiger partial charge in [0.2, 0.25) is 0 Å². The first-order chi connectivity index (χ1) is 7.78. The summed E-state index contributed by atoms with van der Waals surface area (Å²) in [6, 6.07) is 10.1. The second-order valence-corrected chi connectivity index (χ2v) is 4.97. The lowest BCUT2D eigenvalue weighted by atomic mass is 9.68. The minimum Gasteiger partial charge on any atom is -0.396 e. The number of hydrogen-bond acceptors (Lipinski definition) is 2. The molecule has 2 rings (SSSR count). The average molecular weight is 256 g/mol. The number of nitrogens with two attached hydrogens (primary N) is 1. The van der Waals surface area contributed by atoms with E-state index in [2.05, 4.69) is 12.1 Å². The number of rotatable bonds is 3. The maximum atomic E-state index is 9.69. The Morgan fingerprint density at radius 3 is 2.24 bits per heavy atom. The molecular weight excluding hydrogens is 234 g/mol. The molecule has 3 heteroatoms. The van der Waals surface area contributed by atoms with Gasteiger partial charge in [-0.1, -0.05) is 49.6 Å². The molecule has 1 aromatic rings. The number of aliphatic hydroxyl groups excluding tert-OH is 1. The van der Waals surface area contributed by atoms with Crippen LogP contribution >= 0.6 is 12.4 Å². The standard InChI is InChI=1S/C14H21NO.ClH/c15-13(12-7-3-1-4-8-12)14(11-16)9-5-2-6-10-14;/h1,3-4,7-8,13,16H,2,5-6,9-11,15H2;1H. The van der Waals surface area contributed by atoms with Crippen molar-refractivity contribution < 1.29 is 5.11 Å². The summed E-state index contributed by atoms with van der Waals surface area (Å²) in [6.45, 7) is 0.211. The third-order valence-corrected chi connectivity index (χ3v) is 3.98. The summed E-state index contributed by atoms with van der Waals surface area (Å²) < 4.78 is 0. The Bertz CT molecular complexity index is 322. The molecule has 96 valence electrons. The van der Waals surface area contributed by atoms with Crippen LogP contribution in [0.15, 0.2) is 30.3 Å². The fourth-order valence-electron chi connectivity index (χ4n) is 2.84. The van der Waals surface area contributed by atoms with Gasteiger partial charge in [0, 0.05) is 11.5 Å². The van der Waals surface area contributed by atoms with Crippen molar-refractivity contribution in [2.45, 2.75) is 38.1 Å². The fraction of sp³-hybridized carbons (Fsp3) is 0.571. The van der Waals surface area contributed by atoms with Crippen molar-refractivity contribution in [3.63, 3.8) is 0 Å². The van der Waals surface area contributed by atoms with Gasteiger partial charge in [-0.2, -0.15) is 0 Å². The van der Waals surface area contributed by atoms with Crippen LogP contribution in [0.2, 0.25) is 0 Å². The van der Waals surface area contributed by atoms with Gasteiger partial charge in [0.1, 0.15) is 0 Å². The first kappa shape index (κ1) is 14.5. The highest BCUT2D eigenvalue weighted by Gasteiger charge is 2.37. The molecular formula is C14H22ClNO. The first-order valence-corrected chi connectivity index (χ1v) is 6.20. The predicted molar refractivity (Wildman–Crippen MR) is 73.2 cm³/mol. The minimum absolute atomic E-state index is 0. The number of halogens is 1. The van der Waals surface area contributed by atoms with Crippen LogP contribution in [0.1, 0.15) is 43.7 Å². The summed E-state index contributed by atoms with van der Waals surface area (Å²) in [4.78, 5) is 0. The SMILES string of the molecule is Cl.NC(c1ccccc1)C1(CO)CCCCC1. The van der Waals surface area contributed by atoms with Gasteiger partial charge < -0.3 is 10.8 Å². The van der Waals surface area contributed by atoms with Gasteiger partial charge in [0.25, 0.3) is 0 Å². The van der Waals surface area contributed by atoms with Crippen LogP contribution in [0.25, 0.3) is 0 Å². The number of aliphatic hydroxyl groups is 1. The van der Waals surface area contributed by atoms with E-state index in [-0.39, 0.29) is 30.5 Å². The first-order valence-electron chi connectivity index (χ1n) is 6.20. The molecule has 1 aromatic carbocycles. The lowest BCUT2D eigenvalue weighted by molar-refractivity contribution is 0.0557. The van der Waals surface area contributed by atoms with Gasteiger partial charge in [0.15, 0.2) is 0 Å². The largest absolute Gasteiger partial charge is 0.396 e. The molecule has 1 saturated carbocycles. The zero-order valence-electron chi connectivity index (χ0n) is 10.1. The Hall–Kier alpha value is -0.570. The zero-order chi connectivity index (χ0) is 11.4. The van der Waals surface area contributed by atoms with E-state index in [1.165, 1.54) is 19.3 Å². The summed E-state index contributed by atoms with van der Waals surface area (Å²) in [6.07, 6.45) is 5.78. The van der Waals surface area contributed by atoms with Crippen LogP contribution in [0.3, 0.4) is 0 Å². The molecule has 3 N–H and O–H groups in total. The molecule has 1 fully saturated rings. The second-order valence-electron chi connectivity index (χ2n) is 4.97. The molecule has 0 amide bonds. The minimum atomic E-state index is -0.0837. The van der Waals surface area contributed by atoms with E-state index in [0.29, 0.717) is 0 Å². The molecule has 1 aliphatic rings. The maximum absolute atomic E-state index is 9.69. The van der Waals surface area contributed by atoms with E-state index < -0.39 is 0 Å². The van der Waals surface area contributed by atoms with Crippen LogP contribution in [0, 0.1) is 5.41 Å². The molecule has 0 saturated heterocycles. The monoisotopic (exact) mass is 255 g/mol. The molecule has 0 heterocycles. The fourth-order valence-corrected chi connectivity index (χ4v) is 2.84. The van der Waals surface area contributed by atoms with E-state index in [0.717, 1.165) is 18.4 Å². The van der Waals surface area contributed by atoms with Gasteiger partial charge in [-0.25, -0.2) is 0 Å². The zero-order valence-corrected chi connectivity index (χ0v) is 11.0. The summed E-state index contributed by atoms with van der Waals surface area (Å²) >= 11 is 0. The summed E-state index contributed by atoms with van der Waals surface area (Å²) in [5, 5.41) is 9.69. The van der Waals surface area contributed by atoms with Gasteiger partial charge >= 0.3 is 0 Å². The molecule has 17 heavy (non-hydrogen) atoms. The van der Waals surface area contributed by atoms with Crippen molar-refractivity contribution in [1.82, 2.24) is 0 Å². The van der Waals surface area contributed by atoms with Crippen LogP contribution in [-0.4, -0.2) is 11.7 Å². The molecule has 1 aliphatic carbocycles. The van der Waals surface area contributed by atoms with Gasteiger partial charge in [-0.05, 0) is 18.4 Å². The molecule has 1 unspecified atom stereocenters. The Balaban J connectivity index is 0.00000144. The summed E-state index contributed by atoms with van der Waals surface area (Å²) in [5.41, 5.74) is 7.42. The Kier molecular flexibility index (Phi) is 5.44. The highest BCUT2D eigenvalue weighted by molar-refractivity contribution is 5.85. The van der Waals surface area contributed by atoms with Gasteiger partial charge in [-0.15, -0.1) is 12.4 Å². The lowest BCUT2D eigenvalue weighted by Crippen LogP contribution is -2.39. The van der Waals surface area contributed by atoms with Crippen molar-refractivity contribution in [3.8, 4) is 0 Å². The predicted octanol–water partition coefficient (Wildman–Crippen LogP) is 3.05. The van der Waals surface area contributed by atoms with Crippen molar-refractivity contribution in [2.24, 2.45) is 11.1 Å². The van der Waals surface area contributed by atoms with Gasteiger partial charge in [-0.3, -0.25) is 0 Å². The quantitative estimate of drug-likeness (QED) is 0.872. The highest BCUT2D eigenvalue weighted by Crippen LogP contribution is 2.44. The topological polar surface area (TPSA) is 46.2 Å². The Labute approximate surface area is 110 Å². The average Bonchev–Trinajstić information content (AvgIpc) is 2.39. The molecule has 0 aliphatic heterocycles. The third-order valence-electron chi connectivity index (χ3n) is 3.98. The van der Waals surface area contributed by atoms with Crippen molar-refractivity contribution in [2.75, 3.05) is 6.61 Å². The van der Waals surface area contributed by atoms with Crippen molar-refractivity contribution in [1.29, 1.82) is 0 Å². The third kappa shape index (κ3) is 3.01. The Morgan fingerprint density at radius 2 is 1.71 bits per heavy atom. The van der Waals surface area contributed by atoms with E-state index >= 15 is 0 Å². The highest BCUT2D eigenvalue weighted by atomic mass is 35.5. The molecule has 0 radical (unpaired) electrons. The lowest BCUT2D eigenvalue weighted by Gasteiger charge is -2.40. The molecule has 0 bridgehead atoms. The maximum Gasteiger partial charge on any atom is 0.0505 e. The number of hydrogen-bond donors (Lipinski definition) is 2. The van der Waals surface area contributed by atoms with Crippen molar-refractivity contribution >= 4 is 12.4 Å². The van der Waals surface area contributed by atoms with Crippen LogP contribution < -0.4 is 5.73 Å². The molecule has 2 nitrogen and oxygen atoms in total. The Morgan fingerprint density at radius 1 is 1.12 bits per heavy atom. The van der Waals surface area contributed by atoms with E-state index in [9.17, 15) is 5.11 Å². The normalized spacial score (nSPS) is 20.4. The second kappa shape index (κ2) is 6.39. The number of benzene rings is 1. The summed E-state index contributed by atoms with van der Waals surface area (Å²) in [5.74, 6) is 0. The molecule has 1 atom stereocenters. The molecule has 0 aromatic heterocycles. The van der Waals surface area contributed by atoms with Crippen LogP contribution in [0.5, 0.6) is 0 Å². The van der Waals surface area contributed by atoms with E-state index in [4.69, 9.17) is 5.73 Å². The van der Waals surface area contributed by atoms with Crippen molar-refractivity contribution in [3.05, 3.63) is 35.9 Å². The smallest absolute Gasteiger partial charge is 0.0505 e. The van der Waals surface area contributed by atoms with Crippen LogP contribution in [-0.2, 0) is 0 Å². The summed E-state index contributed by atoms with van der Waals surface area (Å²) in [7, 11) is 0. The van der Waals surface area contributed by atoms with E-state index in [1.54, 1.807) is 0 Å². The molecule has 0 spiro atoms.